The summed E-state index contributed by atoms with van der Waals surface area (Å²) in [7, 11) is 0. The monoisotopic (exact) mass is 178 g/mol. The summed E-state index contributed by atoms with van der Waals surface area (Å²) in [5.41, 5.74) is 0. The first-order valence-corrected chi connectivity index (χ1v) is 3.32. The molecule has 5 heteroatoms. The molecule has 0 aromatic rings. The van der Waals surface area contributed by atoms with E-state index in [9.17, 15) is 9.59 Å². The number of nitrogens with zero attached hydrogens (tertiary/aromatic N) is 1. The molecule has 1 rings (SSSR count). The highest BCUT2D eigenvalue weighted by Crippen LogP contribution is 1.93. The van der Waals surface area contributed by atoms with Crippen LogP contribution in [0.1, 0.15) is 6.92 Å². The predicted molar refractivity (Wildman–Crippen MR) is 42.5 cm³/mol. The Kier molecular flexibility index (Phi) is 3.89. The highest BCUT2D eigenvalue weighted by molar-refractivity contribution is 6.35. The molecule has 0 saturated carbocycles. The maximum atomic E-state index is 10.9. The molecule has 1 fully saturated rings. The topological polar surface area (TPSA) is 49.4 Å². The summed E-state index contributed by atoms with van der Waals surface area (Å²) in [6.45, 7) is 3.70. The van der Waals surface area contributed by atoms with Crippen LogP contribution in [-0.2, 0) is 9.59 Å². The lowest BCUT2D eigenvalue weighted by molar-refractivity contribution is -0.147. The molecule has 0 radical (unpaired) electrons. The number of halogens is 1. The predicted octanol–water partition coefficient (Wildman–Crippen LogP) is -0.614. The van der Waals surface area contributed by atoms with Crippen molar-refractivity contribution < 1.29 is 9.59 Å². The van der Waals surface area contributed by atoms with Gasteiger partial charge in [0, 0.05) is 19.6 Å². The van der Waals surface area contributed by atoms with Crippen molar-refractivity contribution in [3.63, 3.8) is 0 Å². The van der Waals surface area contributed by atoms with E-state index < -0.39 is 11.8 Å². The van der Waals surface area contributed by atoms with E-state index in [0.29, 0.717) is 19.6 Å². The van der Waals surface area contributed by atoms with Crippen LogP contribution in [0.5, 0.6) is 0 Å². The van der Waals surface area contributed by atoms with Crippen LogP contribution in [0.3, 0.4) is 0 Å². The number of nitrogens with one attached hydrogen (secondary N) is 1. The van der Waals surface area contributed by atoms with E-state index >= 15 is 0 Å². The Bertz CT molecular complexity index is 172. The number of amides is 2. The van der Waals surface area contributed by atoms with Gasteiger partial charge in [-0.1, -0.05) is 0 Å². The molecule has 0 bridgehead atoms. The summed E-state index contributed by atoms with van der Waals surface area (Å²) >= 11 is 0. The molecular formula is C6H11ClN2O2. The third-order valence-electron chi connectivity index (χ3n) is 1.53. The van der Waals surface area contributed by atoms with E-state index in [1.807, 2.05) is 6.92 Å². The van der Waals surface area contributed by atoms with E-state index in [1.54, 1.807) is 0 Å². The summed E-state index contributed by atoms with van der Waals surface area (Å²) in [5, 5.41) is 2.47. The summed E-state index contributed by atoms with van der Waals surface area (Å²) in [5.74, 6) is -0.887. The molecule has 4 nitrogen and oxygen atoms in total. The van der Waals surface area contributed by atoms with Crippen LogP contribution in [0, 0.1) is 0 Å². The van der Waals surface area contributed by atoms with Gasteiger partial charge in [-0.2, -0.15) is 0 Å². The fraction of sp³-hybridized carbons (Fsp3) is 0.667. The number of carbonyl (C=O) groups excluding carboxylic acids is 2. The summed E-state index contributed by atoms with van der Waals surface area (Å²) in [6, 6.07) is 0. The number of piperazine rings is 1. The molecule has 0 spiro atoms. The molecular weight excluding hydrogens is 168 g/mol. The van der Waals surface area contributed by atoms with Crippen molar-refractivity contribution in [3.05, 3.63) is 0 Å². The lowest BCUT2D eigenvalue weighted by Crippen LogP contribution is -2.51. The minimum absolute atomic E-state index is 0. The molecule has 1 heterocycles. The Hall–Kier alpha value is -0.770. The standard InChI is InChI=1S/C6H10N2O2.ClH/c1-2-8-4-3-7-5(9)6(8)10;/h2-4H2,1H3,(H,7,9);1H. The third-order valence-corrected chi connectivity index (χ3v) is 1.53. The van der Waals surface area contributed by atoms with Crippen molar-refractivity contribution >= 4 is 24.2 Å². The SMILES string of the molecule is CCN1CCNC(=O)C1=O.Cl. The largest absolute Gasteiger partial charge is 0.346 e. The van der Waals surface area contributed by atoms with E-state index in [1.165, 1.54) is 4.90 Å². The minimum Gasteiger partial charge on any atom is -0.346 e. The van der Waals surface area contributed by atoms with E-state index in [0.717, 1.165) is 0 Å². The fourth-order valence-electron chi connectivity index (χ4n) is 0.927. The van der Waals surface area contributed by atoms with Crippen molar-refractivity contribution in [1.82, 2.24) is 10.2 Å². The van der Waals surface area contributed by atoms with Crippen molar-refractivity contribution in [2.45, 2.75) is 6.92 Å². The van der Waals surface area contributed by atoms with Crippen molar-refractivity contribution in [2.24, 2.45) is 0 Å². The summed E-state index contributed by atoms with van der Waals surface area (Å²) in [4.78, 5) is 23.1. The van der Waals surface area contributed by atoms with Gasteiger partial charge in [-0.15, -0.1) is 12.4 Å². The molecule has 1 N–H and O–H groups in total. The molecule has 1 saturated heterocycles. The van der Waals surface area contributed by atoms with Crippen LogP contribution < -0.4 is 5.32 Å². The Morgan fingerprint density at radius 1 is 1.55 bits per heavy atom. The van der Waals surface area contributed by atoms with Crippen LogP contribution >= 0.6 is 12.4 Å². The lowest BCUT2D eigenvalue weighted by atomic mass is 10.3. The zero-order valence-electron chi connectivity index (χ0n) is 6.29. The van der Waals surface area contributed by atoms with E-state index in [-0.39, 0.29) is 12.4 Å². The second-order valence-electron chi connectivity index (χ2n) is 2.14. The van der Waals surface area contributed by atoms with Gasteiger partial charge >= 0.3 is 11.8 Å². The van der Waals surface area contributed by atoms with Gasteiger partial charge in [0.25, 0.3) is 0 Å². The Labute approximate surface area is 71.3 Å². The molecule has 0 unspecified atom stereocenters. The molecule has 1 aliphatic rings. The molecule has 0 aromatic heterocycles. The Morgan fingerprint density at radius 2 is 2.18 bits per heavy atom. The first-order valence-electron chi connectivity index (χ1n) is 3.32. The third kappa shape index (κ3) is 2.08. The fourth-order valence-corrected chi connectivity index (χ4v) is 0.927. The quantitative estimate of drug-likeness (QED) is 0.545. The summed E-state index contributed by atoms with van der Waals surface area (Å²) < 4.78 is 0. The second kappa shape index (κ2) is 4.18. The van der Waals surface area contributed by atoms with Crippen LogP contribution in [0.25, 0.3) is 0 Å². The second-order valence-corrected chi connectivity index (χ2v) is 2.14. The number of rotatable bonds is 1. The van der Waals surface area contributed by atoms with Gasteiger partial charge in [0.15, 0.2) is 0 Å². The first-order chi connectivity index (χ1) is 4.75. The van der Waals surface area contributed by atoms with Gasteiger partial charge in [-0.25, -0.2) is 0 Å². The number of hydrogen-bond acceptors (Lipinski definition) is 2. The first kappa shape index (κ1) is 10.2. The van der Waals surface area contributed by atoms with Gasteiger partial charge in [-0.3, -0.25) is 9.59 Å². The van der Waals surface area contributed by atoms with Gasteiger partial charge < -0.3 is 10.2 Å². The molecule has 0 aliphatic carbocycles. The smallest absolute Gasteiger partial charge is 0.311 e. The molecule has 2 amide bonds. The number of carbonyl (C=O) groups is 2. The van der Waals surface area contributed by atoms with Crippen molar-refractivity contribution in [3.8, 4) is 0 Å². The number of likely N-dealkylation sites (N-methyl/N-ethyl adjacent to an activating group) is 1. The van der Waals surface area contributed by atoms with Crippen molar-refractivity contribution in [1.29, 1.82) is 0 Å². The average Bonchev–Trinajstić information content (AvgIpc) is 1.95. The van der Waals surface area contributed by atoms with E-state index in [4.69, 9.17) is 0 Å². The maximum Gasteiger partial charge on any atom is 0.311 e. The molecule has 64 valence electrons. The van der Waals surface area contributed by atoms with Gasteiger partial charge in [0.2, 0.25) is 0 Å². The maximum absolute atomic E-state index is 10.9. The van der Waals surface area contributed by atoms with Crippen LogP contribution in [0.15, 0.2) is 0 Å². The minimum atomic E-state index is -0.479. The van der Waals surface area contributed by atoms with E-state index in [2.05, 4.69) is 5.32 Å². The zero-order valence-corrected chi connectivity index (χ0v) is 7.11. The van der Waals surface area contributed by atoms with Crippen LogP contribution in [0.4, 0.5) is 0 Å². The molecule has 0 aromatic carbocycles. The molecule has 0 atom stereocenters. The highest BCUT2D eigenvalue weighted by Gasteiger charge is 2.23. The Balaban J connectivity index is 0.000001000. The van der Waals surface area contributed by atoms with Crippen LogP contribution in [0.2, 0.25) is 0 Å². The van der Waals surface area contributed by atoms with Gasteiger partial charge in [0.1, 0.15) is 0 Å². The number of hydrogen-bond donors (Lipinski definition) is 1. The van der Waals surface area contributed by atoms with Crippen molar-refractivity contribution in [2.75, 3.05) is 19.6 Å². The summed E-state index contributed by atoms with van der Waals surface area (Å²) in [6.07, 6.45) is 0. The average molecular weight is 179 g/mol. The van der Waals surface area contributed by atoms with Crippen LogP contribution in [-0.4, -0.2) is 36.3 Å². The normalized spacial score (nSPS) is 17.4. The van der Waals surface area contributed by atoms with Gasteiger partial charge in [0.05, 0.1) is 0 Å². The molecule has 11 heavy (non-hydrogen) atoms. The van der Waals surface area contributed by atoms with Gasteiger partial charge in [-0.05, 0) is 6.92 Å². The highest BCUT2D eigenvalue weighted by atomic mass is 35.5. The Morgan fingerprint density at radius 3 is 2.64 bits per heavy atom. The lowest BCUT2D eigenvalue weighted by Gasteiger charge is -2.24. The zero-order chi connectivity index (χ0) is 7.56. The molecule has 1 aliphatic heterocycles.